The minimum atomic E-state index is 0.364. The van der Waals surface area contributed by atoms with Crippen molar-refractivity contribution in [3.05, 3.63) is 23.5 Å². The number of hydrogen-bond acceptors (Lipinski definition) is 5. The average Bonchev–Trinajstić information content (AvgIpc) is 2.76. The van der Waals surface area contributed by atoms with Gasteiger partial charge in [0.1, 0.15) is 0 Å². The van der Waals surface area contributed by atoms with Crippen LogP contribution in [0.15, 0.2) is 12.1 Å². The topological polar surface area (TPSA) is 50.7 Å². The first-order valence-electron chi connectivity index (χ1n) is 6.55. The lowest BCUT2D eigenvalue weighted by Crippen LogP contribution is -2.08. The van der Waals surface area contributed by atoms with Gasteiger partial charge in [-0.15, -0.1) is 10.2 Å². The maximum Gasteiger partial charge on any atom is 0.206 e. The monoisotopic (exact) mass is 276 g/mol. The van der Waals surface area contributed by atoms with Gasteiger partial charge in [0.25, 0.3) is 0 Å². The van der Waals surface area contributed by atoms with E-state index in [1.807, 2.05) is 6.92 Å². The molecule has 0 aromatic carbocycles. The molecule has 2 rings (SSSR count). The van der Waals surface area contributed by atoms with Gasteiger partial charge in [-0.1, -0.05) is 25.2 Å². The van der Waals surface area contributed by atoms with Crippen LogP contribution in [0.1, 0.15) is 45.0 Å². The molecule has 102 valence electrons. The molecular weight excluding hydrogens is 256 g/mol. The SMILES string of the molecule is Cc1nc(C(C)C)ccc1-c1nnc(NC(C)C)s1. The highest BCUT2D eigenvalue weighted by atomic mass is 32.1. The van der Waals surface area contributed by atoms with Crippen molar-refractivity contribution < 1.29 is 0 Å². The number of pyridine rings is 1. The molecule has 2 aromatic heterocycles. The Balaban J connectivity index is 2.29. The number of rotatable bonds is 4. The van der Waals surface area contributed by atoms with E-state index in [-0.39, 0.29) is 0 Å². The Kier molecular flexibility index (Phi) is 4.14. The second kappa shape index (κ2) is 5.65. The Morgan fingerprint density at radius 1 is 1.11 bits per heavy atom. The zero-order chi connectivity index (χ0) is 14.0. The largest absolute Gasteiger partial charge is 0.358 e. The summed E-state index contributed by atoms with van der Waals surface area (Å²) in [5.41, 5.74) is 3.20. The van der Waals surface area contributed by atoms with Gasteiger partial charge >= 0.3 is 0 Å². The minimum Gasteiger partial charge on any atom is -0.358 e. The highest BCUT2D eigenvalue weighted by molar-refractivity contribution is 7.18. The smallest absolute Gasteiger partial charge is 0.206 e. The van der Waals surface area contributed by atoms with Crippen LogP contribution in [0.4, 0.5) is 5.13 Å². The summed E-state index contributed by atoms with van der Waals surface area (Å²) < 4.78 is 0. The van der Waals surface area contributed by atoms with Gasteiger partial charge in [0.2, 0.25) is 5.13 Å². The Bertz CT molecular complexity index is 560. The maximum atomic E-state index is 4.64. The quantitative estimate of drug-likeness (QED) is 0.921. The second-order valence-electron chi connectivity index (χ2n) is 5.24. The van der Waals surface area contributed by atoms with Gasteiger partial charge in [-0.05, 0) is 38.8 Å². The number of anilines is 1. The lowest BCUT2D eigenvalue weighted by molar-refractivity contribution is 0.816. The van der Waals surface area contributed by atoms with Crippen molar-refractivity contribution in [2.45, 2.75) is 46.6 Å². The Labute approximate surface area is 118 Å². The van der Waals surface area contributed by atoms with Crippen LogP contribution in [0, 0.1) is 6.92 Å². The first-order chi connectivity index (χ1) is 8.97. The normalized spacial score (nSPS) is 11.3. The standard InChI is InChI=1S/C14H20N4S/c1-8(2)12-7-6-11(10(5)16-12)13-17-18-14(19-13)15-9(3)4/h6-9H,1-5H3,(H,15,18). The highest BCUT2D eigenvalue weighted by Crippen LogP contribution is 2.29. The molecule has 1 N–H and O–H groups in total. The summed E-state index contributed by atoms with van der Waals surface area (Å²) >= 11 is 1.57. The van der Waals surface area contributed by atoms with Crippen LogP contribution in [0.5, 0.6) is 0 Å². The van der Waals surface area contributed by atoms with Crippen molar-refractivity contribution >= 4 is 16.5 Å². The van der Waals surface area contributed by atoms with Crippen molar-refractivity contribution in [1.82, 2.24) is 15.2 Å². The van der Waals surface area contributed by atoms with Crippen LogP contribution >= 0.6 is 11.3 Å². The fraction of sp³-hybridized carbons (Fsp3) is 0.500. The molecule has 0 amide bonds. The van der Waals surface area contributed by atoms with Crippen molar-refractivity contribution in [3.63, 3.8) is 0 Å². The minimum absolute atomic E-state index is 0.364. The van der Waals surface area contributed by atoms with Gasteiger partial charge < -0.3 is 5.32 Å². The molecule has 0 bridgehead atoms. The van der Waals surface area contributed by atoms with Gasteiger partial charge in [0.05, 0.1) is 0 Å². The molecule has 0 unspecified atom stereocenters. The highest BCUT2D eigenvalue weighted by Gasteiger charge is 2.12. The molecule has 2 heterocycles. The zero-order valence-electron chi connectivity index (χ0n) is 12.1. The zero-order valence-corrected chi connectivity index (χ0v) is 12.9. The third-order valence-electron chi connectivity index (χ3n) is 2.77. The van der Waals surface area contributed by atoms with Crippen molar-refractivity contribution in [1.29, 1.82) is 0 Å². The molecule has 0 atom stereocenters. The lowest BCUT2D eigenvalue weighted by Gasteiger charge is -2.07. The first-order valence-corrected chi connectivity index (χ1v) is 7.37. The molecule has 0 aliphatic heterocycles. The van der Waals surface area contributed by atoms with E-state index in [9.17, 15) is 0 Å². The number of hydrogen-bond donors (Lipinski definition) is 1. The summed E-state index contributed by atoms with van der Waals surface area (Å²) in [4.78, 5) is 4.64. The van der Waals surface area contributed by atoms with Crippen LogP contribution < -0.4 is 5.32 Å². The number of nitrogens with zero attached hydrogens (tertiary/aromatic N) is 3. The van der Waals surface area contributed by atoms with E-state index >= 15 is 0 Å². The summed E-state index contributed by atoms with van der Waals surface area (Å²) in [6.07, 6.45) is 0. The van der Waals surface area contributed by atoms with E-state index in [1.54, 1.807) is 11.3 Å². The van der Waals surface area contributed by atoms with E-state index in [4.69, 9.17) is 0 Å². The van der Waals surface area contributed by atoms with Crippen molar-refractivity contribution in [2.75, 3.05) is 5.32 Å². The molecule has 0 saturated carbocycles. The van der Waals surface area contributed by atoms with Crippen LogP contribution in [0.3, 0.4) is 0 Å². The van der Waals surface area contributed by atoms with Gasteiger partial charge in [-0.3, -0.25) is 4.98 Å². The number of aromatic nitrogens is 3. The number of aryl methyl sites for hydroxylation is 1. The Morgan fingerprint density at radius 2 is 1.84 bits per heavy atom. The van der Waals surface area contributed by atoms with Crippen LogP contribution in [-0.2, 0) is 0 Å². The van der Waals surface area contributed by atoms with E-state index in [0.717, 1.165) is 27.1 Å². The molecule has 5 heteroatoms. The van der Waals surface area contributed by atoms with Crippen LogP contribution in [-0.4, -0.2) is 21.2 Å². The summed E-state index contributed by atoms with van der Waals surface area (Å²) in [6, 6.07) is 4.53. The summed E-state index contributed by atoms with van der Waals surface area (Å²) in [5.74, 6) is 0.445. The summed E-state index contributed by atoms with van der Waals surface area (Å²) in [7, 11) is 0. The summed E-state index contributed by atoms with van der Waals surface area (Å²) in [6.45, 7) is 10.5. The van der Waals surface area contributed by atoms with Crippen molar-refractivity contribution in [2.24, 2.45) is 0 Å². The van der Waals surface area contributed by atoms with Gasteiger partial charge in [0, 0.05) is 23.0 Å². The van der Waals surface area contributed by atoms with Crippen LogP contribution in [0.2, 0.25) is 0 Å². The first kappa shape index (κ1) is 13.9. The third-order valence-corrected chi connectivity index (χ3v) is 3.65. The van der Waals surface area contributed by atoms with E-state index in [1.165, 1.54) is 0 Å². The van der Waals surface area contributed by atoms with E-state index < -0.39 is 0 Å². The molecule has 0 radical (unpaired) electrons. The predicted octanol–water partition coefficient (Wildman–Crippen LogP) is 3.85. The summed E-state index contributed by atoms with van der Waals surface area (Å²) in [5, 5.41) is 13.4. The second-order valence-corrected chi connectivity index (χ2v) is 6.21. The average molecular weight is 276 g/mol. The fourth-order valence-corrected chi connectivity index (χ4v) is 2.73. The van der Waals surface area contributed by atoms with Crippen molar-refractivity contribution in [3.8, 4) is 10.6 Å². The molecule has 19 heavy (non-hydrogen) atoms. The lowest BCUT2D eigenvalue weighted by atomic mass is 10.1. The Hall–Kier alpha value is -1.49. The van der Waals surface area contributed by atoms with E-state index in [2.05, 4.69) is 60.3 Å². The molecular formula is C14H20N4S. The molecule has 4 nitrogen and oxygen atoms in total. The molecule has 0 fully saturated rings. The van der Waals surface area contributed by atoms with Gasteiger partial charge in [-0.2, -0.15) is 0 Å². The molecule has 2 aromatic rings. The Morgan fingerprint density at radius 3 is 2.42 bits per heavy atom. The molecule has 0 spiro atoms. The number of nitrogens with one attached hydrogen (secondary N) is 1. The maximum absolute atomic E-state index is 4.64. The van der Waals surface area contributed by atoms with Gasteiger partial charge in [0.15, 0.2) is 5.01 Å². The predicted molar refractivity (Wildman–Crippen MR) is 80.7 cm³/mol. The van der Waals surface area contributed by atoms with E-state index in [0.29, 0.717) is 12.0 Å². The fourth-order valence-electron chi connectivity index (χ4n) is 1.77. The van der Waals surface area contributed by atoms with Crippen LogP contribution in [0.25, 0.3) is 10.6 Å². The van der Waals surface area contributed by atoms with Gasteiger partial charge in [-0.25, -0.2) is 0 Å². The molecule has 0 aliphatic carbocycles. The molecule has 0 saturated heterocycles. The third kappa shape index (κ3) is 3.29. The molecule has 0 aliphatic rings.